The van der Waals surface area contributed by atoms with Gasteiger partial charge in [-0.3, -0.25) is 4.79 Å². The van der Waals surface area contributed by atoms with Gasteiger partial charge in [-0.25, -0.2) is 4.79 Å². The van der Waals surface area contributed by atoms with Gasteiger partial charge >= 0.3 is 5.97 Å². The zero-order valence-corrected chi connectivity index (χ0v) is 11.8. The van der Waals surface area contributed by atoms with E-state index in [-0.39, 0.29) is 0 Å². The molecule has 0 amide bonds. The Morgan fingerprint density at radius 3 is 2.30 bits per heavy atom. The second kappa shape index (κ2) is 7.15. The summed E-state index contributed by atoms with van der Waals surface area (Å²) in [5.41, 5.74) is 0. The van der Waals surface area contributed by atoms with Gasteiger partial charge in [0.15, 0.2) is 18.5 Å². The van der Waals surface area contributed by atoms with Gasteiger partial charge in [-0.2, -0.15) is 0 Å². The number of cyclic esters (lactones) is 1. The van der Waals surface area contributed by atoms with Crippen molar-refractivity contribution in [3.63, 3.8) is 0 Å². The van der Waals surface area contributed by atoms with Crippen LogP contribution in [0.5, 0.6) is 0 Å². The number of aliphatic hydroxyl groups is 6. The number of carbonyl (C=O) groups is 2. The first-order valence-electron chi connectivity index (χ1n) is 6.81. The maximum Gasteiger partial charge on any atom is 0.378 e. The largest absolute Gasteiger partial charge is 0.450 e. The van der Waals surface area contributed by atoms with Crippen molar-refractivity contribution in [3.05, 3.63) is 0 Å². The normalized spacial score (nSPS) is 42.6. The summed E-state index contributed by atoms with van der Waals surface area (Å²) in [5.74, 6) is -2.46. The van der Waals surface area contributed by atoms with Crippen LogP contribution in [-0.2, 0) is 23.8 Å². The average Bonchev–Trinajstić information content (AvgIpc) is 2.82. The molecule has 0 aromatic carbocycles. The molecular weight excluding hydrogens is 320 g/mol. The fourth-order valence-corrected chi connectivity index (χ4v) is 2.36. The summed E-state index contributed by atoms with van der Waals surface area (Å²) in [6, 6.07) is 0. The minimum Gasteiger partial charge on any atom is -0.450 e. The number of ketones is 1. The predicted octanol–water partition coefficient (Wildman–Crippen LogP) is -4.98. The molecule has 1 unspecified atom stereocenters. The van der Waals surface area contributed by atoms with Gasteiger partial charge in [0.2, 0.25) is 0 Å². The number of esters is 1. The van der Waals surface area contributed by atoms with E-state index in [1.165, 1.54) is 0 Å². The first-order valence-corrected chi connectivity index (χ1v) is 6.81. The highest BCUT2D eigenvalue weighted by Crippen LogP contribution is 2.27. The first-order chi connectivity index (χ1) is 10.8. The van der Waals surface area contributed by atoms with Crippen LogP contribution in [0.2, 0.25) is 0 Å². The number of aliphatic hydroxyl groups excluding tert-OH is 6. The summed E-state index contributed by atoms with van der Waals surface area (Å²) < 4.78 is 14.7. The Kier molecular flexibility index (Phi) is 5.65. The van der Waals surface area contributed by atoms with Crippen LogP contribution in [0.4, 0.5) is 0 Å². The topological polar surface area (TPSA) is 183 Å². The molecule has 0 aromatic heterocycles. The molecule has 0 saturated carbocycles. The molecule has 2 aliphatic heterocycles. The summed E-state index contributed by atoms with van der Waals surface area (Å²) in [6.07, 6.45) is -12.9. The zero-order chi connectivity index (χ0) is 17.3. The Morgan fingerprint density at radius 2 is 1.74 bits per heavy atom. The van der Waals surface area contributed by atoms with Crippen LogP contribution in [0, 0.1) is 0 Å². The van der Waals surface area contributed by atoms with Crippen molar-refractivity contribution < 1.29 is 54.4 Å². The maximum atomic E-state index is 11.7. The maximum absolute atomic E-state index is 11.7. The molecule has 0 aromatic rings. The molecule has 132 valence electrons. The molecule has 0 bridgehead atoms. The van der Waals surface area contributed by atoms with E-state index in [2.05, 4.69) is 4.74 Å². The van der Waals surface area contributed by atoms with Crippen LogP contribution in [0.3, 0.4) is 0 Å². The molecule has 8 atom stereocenters. The van der Waals surface area contributed by atoms with E-state index in [0.29, 0.717) is 0 Å². The van der Waals surface area contributed by atoms with Crippen molar-refractivity contribution in [2.75, 3.05) is 13.2 Å². The van der Waals surface area contributed by atoms with E-state index in [9.17, 15) is 30.0 Å². The van der Waals surface area contributed by atoms with Gasteiger partial charge in [0, 0.05) is 0 Å². The van der Waals surface area contributed by atoms with Crippen molar-refractivity contribution in [1.29, 1.82) is 0 Å². The zero-order valence-electron chi connectivity index (χ0n) is 11.8. The smallest absolute Gasteiger partial charge is 0.378 e. The predicted molar refractivity (Wildman–Crippen MR) is 66.6 cm³/mol. The SMILES string of the molecule is O=C1O[C@H]([C@@H](O)CO)C(O[C@@H]2O[C@H](CO)[C@H](O)[C@H](O)[C@H]2O)C1=O. The second-order valence-corrected chi connectivity index (χ2v) is 5.24. The Hall–Kier alpha value is -1.18. The highest BCUT2D eigenvalue weighted by atomic mass is 16.7. The number of rotatable bonds is 5. The molecule has 0 aliphatic carbocycles. The third-order valence-corrected chi connectivity index (χ3v) is 3.70. The van der Waals surface area contributed by atoms with Crippen LogP contribution in [-0.4, -0.2) is 105 Å². The third-order valence-electron chi connectivity index (χ3n) is 3.70. The molecule has 2 saturated heterocycles. The van der Waals surface area contributed by atoms with Gasteiger partial charge in [0.1, 0.15) is 30.5 Å². The Labute approximate surface area is 129 Å². The third kappa shape index (κ3) is 3.36. The molecule has 2 aliphatic rings. The highest BCUT2D eigenvalue weighted by molar-refractivity contribution is 6.37. The van der Waals surface area contributed by atoms with Crippen LogP contribution in [0.1, 0.15) is 0 Å². The standard InChI is InChI=1S/C12H18O11/c13-1-3(15)9-10(8(19)11(20)22-9)23-12-7(18)6(17)5(16)4(2-14)21-12/h3-7,9-10,12-18H,1-2H2/t3-,4+,5-,6-,7+,9+,10?,12-/m0/s1. The minimum atomic E-state index is -1.79. The number of hydrogen-bond acceptors (Lipinski definition) is 11. The lowest BCUT2D eigenvalue weighted by Crippen LogP contribution is -2.60. The van der Waals surface area contributed by atoms with Crippen LogP contribution < -0.4 is 0 Å². The fourth-order valence-electron chi connectivity index (χ4n) is 2.36. The molecule has 23 heavy (non-hydrogen) atoms. The number of ether oxygens (including phenoxy) is 3. The molecule has 2 fully saturated rings. The second-order valence-electron chi connectivity index (χ2n) is 5.24. The van der Waals surface area contributed by atoms with Gasteiger partial charge in [-0.05, 0) is 0 Å². The first kappa shape index (κ1) is 18.2. The Balaban J connectivity index is 2.15. The summed E-state index contributed by atoms with van der Waals surface area (Å²) in [7, 11) is 0. The molecule has 11 heteroatoms. The number of hydrogen-bond donors (Lipinski definition) is 6. The van der Waals surface area contributed by atoms with E-state index in [4.69, 9.17) is 19.7 Å². The van der Waals surface area contributed by atoms with Crippen molar-refractivity contribution in [2.45, 2.75) is 49.0 Å². The Morgan fingerprint density at radius 1 is 1.09 bits per heavy atom. The minimum absolute atomic E-state index is 0.707. The van der Waals surface area contributed by atoms with Gasteiger partial charge in [0.05, 0.1) is 13.2 Å². The van der Waals surface area contributed by atoms with E-state index in [1.807, 2.05) is 0 Å². The molecular formula is C12H18O11. The summed E-state index contributed by atoms with van der Waals surface area (Å²) in [6.45, 7) is -1.53. The van der Waals surface area contributed by atoms with Gasteiger partial charge in [0.25, 0.3) is 5.78 Å². The molecule has 6 N–H and O–H groups in total. The number of carbonyl (C=O) groups excluding carboxylic acids is 2. The Bertz CT molecular complexity index is 452. The number of Topliss-reactive ketones (excluding diaryl/α,β-unsaturated/α-hetero) is 1. The quantitative estimate of drug-likeness (QED) is 0.208. The molecule has 0 radical (unpaired) electrons. The lowest BCUT2D eigenvalue weighted by Gasteiger charge is -2.40. The summed E-state index contributed by atoms with van der Waals surface area (Å²) in [5, 5.41) is 56.6. The van der Waals surface area contributed by atoms with E-state index in [1.54, 1.807) is 0 Å². The van der Waals surface area contributed by atoms with Crippen LogP contribution in [0.25, 0.3) is 0 Å². The van der Waals surface area contributed by atoms with Crippen molar-refractivity contribution in [3.8, 4) is 0 Å². The summed E-state index contributed by atoms with van der Waals surface area (Å²) in [4.78, 5) is 23.0. The van der Waals surface area contributed by atoms with E-state index < -0.39 is 74.0 Å². The average molecular weight is 338 g/mol. The molecule has 2 heterocycles. The monoisotopic (exact) mass is 338 g/mol. The summed E-state index contributed by atoms with van der Waals surface area (Å²) >= 11 is 0. The van der Waals surface area contributed by atoms with E-state index in [0.717, 1.165) is 0 Å². The van der Waals surface area contributed by atoms with Gasteiger partial charge in [-0.15, -0.1) is 0 Å². The van der Waals surface area contributed by atoms with E-state index >= 15 is 0 Å². The van der Waals surface area contributed by atoms with Crippen LogP contribution in [0.15, 0.2) is 0 Å². The van der Waals surface area contributed by atoms with Crippen molar-refractivity contribution in [1.82, 2.24) is 0 Å². The van der Waals surface area contributed by atoms with Crippen molar-refractivity contribution >= 4 is 11.8 Å². The van der Waals surface area contributed by atoms with Gasteiger partial charge in [-0.1, -0.05) is 0 Å². The molecule has 0 spiro atoms. The fraction of sp³-hybridized carbons (Fsp3) is 0.833. The lowest BCUT2D eigenvalue weighted by atomic mass is 9.99. The van der Waals surface area contributed by atoms with Gasteiger partial charge < -0.3 is 44.8 Å². The molecule has 11 nitrogen and oxygen atoms in total. The molecule has 2 rings (SSSR count). The van der Waals surface area contributed by atoms with Crippen LogP contribution >= 0.6 is 0 Å². The highest BCUT2D eigenvalue weighted by Gasteiger charge is 2.52. The van der Waals surface area contributed by atoms with Crippen molar-refractivity contribution in [2.24, 2.45) is 0 Å². The lowest BCUT2D eigenvalue weighted by molar-refractivity contribution is -0.312.